The number of halogens is 3. The van der Waals surface area contributed by atoms with Crippen molar-refractivity contribution in [1.29, 1.82) is 0 Å². The third kappa shape index (κ3) is 2.97. The van der Waals surface area contributed by atoms with E-state index in [0.29, 0.717) is 22.0 Å². The minimum absolute atomic E-state index is 0.0709. The minimum Gasteiger partial charge on any atom is -0.485 e. The molecule has 3 nitrogen and oxygen atoms in total. The van der Waals surface area contributed by atoms with Crippen LogP contribution in [0.4, 0.5) is 8.78 Å². The number of hydrogen-bond acceptors (Lipinski definition) is 2. The van der Waals surface area contributed by atoms with Crippen molar-refractivity contribution in [2.24, 2.45) is 0 Å². The standard InChI is InChI=1S/C16H12BrF2NO2/c17-13-4-2-1-3-12(13)16(21)20-8-11-6-9-5-10(18)7-14(19)15(9)22-11/h1-5,7,11H,6,8H2,(H,20,21). The van der Waals surface area contributed by atoms with Crippen LogP contribution in [0, 0.1) is 11.6 Å². The summed E-state index contributed by atoms with van der Waals surface area (Å²) < 4.78 is 32.9. The number of carbonyl (C=O) groups excluding carboxylic acids is 1. The molecule has 1 aliphatic rings. The van der Waals surface area contributed by atoms with Crippen molar-refractivity contribution in [3.05, 3.63) is 63.6 Å². The summed E-state index contributed by atoms with van der Waals surface area (Å²) in [5, 5.41) is 2.74. The average Bonchev–Trinajstić information content (AvgIpc) is 2.88. The number of fused-ring (bicyclic) bond motifs is 1. The van der Waals surface area contributed by atoms with Crippen LogP contribution < -0.4 is 10.1 Å². The Hall–Kier alpha value is -1.95. The Morgan fingerprint density at radius 2 is 2.09 bits per heavy atom. The highest BCUT2D eigenvalue weighted by Gasteiger charge is 2.27. The first-order valence-electron chi connectivity index (χ1n) is 6.72. The summed E-state index contributed by atoms with van der Waals surface area (Å²) in [7, 11) is 0. The van der Waals surface area contributed by atoms with Crippen LogP contribution in [0.5, 0.6) is 5.75 Å². The van der Waals surface area contributed by atoms with Gasteiger partial charge in [-0.3, -0.25) is 4.79 Å². The summed E-state index contributed by atoms with van der Waals surface area (Å²) in [6.07, 6.45) is -0.0435. The van der Waals surface area contributed by atoms with Crippen molar-refractivity contribution < 1.29 is 18.3 Å². The lowest BCUT2D eigenvalue weighted by Gasteiger charge is -2.12. The molecule has 0 fully saturated rings. The van der Waals surface area contributed by atoms with Gasteiger partial charge in [0.25, 0.3) is 5.91 Å². The molecule has 0 saturated carbocycles. The van der Waals surface area contributed by atoms with Gasteiger partial charge < -0.3 is 10.1 Å². The number of ether oxygens (including phenoxy) is 1. The zero-order chi connectivity index (χ0) is 15.7. The summed E-state index contributed by atoms with van der Waals surface area (Å²) in [5.41, 5.74) is 0.993. The lowest BCUT2D eigenvalue weighted by molar-refractivity contribution is 0.0932. The molecule has 1 heterocycles. The van der Waals surface area contributed by atoms with Gasteiger partial charge in [-0.25, -0.2) is 8.78 Å². The molecule has 2 aromatic rings. The molecule has 0 aromatic heterocycles. The topological polar surface area (TPSA) is 38.3 Å². The van der Waals surface area contributed by atoms with E-state index in [-0.39, 0.29) is 18.2 Å². The van der Waals surface area contributed by atoms with Gasteiger partial charge in [0.1, 0.15) is 11.9 Å². The zero-order valence-corrected chi connectivity index (χ0v) is 13.0. The van der Waals surface area contributed by atoms with Gasteiger partial charge in [0, 0.05) is 22.5 Å². The molecular weight excluding hydrogens is 356 g/mol. The van der Waals surface area contributed by atoms with E-state index in [0.717, 1.165) is 6.07 Å². The molecule has 1 amide bonds. The Morgan fingerprint density at radius 1 is 1.32 bits per heavy atom. The van der Waals surface area contributed by atoms with Gasteiger partial charge in [0.15, 0.2) is 11.6 Å². The Balaban J connectivity index is 1.64. The molecule has 114 valence electrons. The molecule has 0 bridgehead atoms. The third-order valence-electron chi connectivity index (χ3n) is 3.43. The molecule has 0 spiro atoms. The Kier molecular flexibility index (Phi) is 4.11. The van der Waals surface area contributed by atoms with Gasteiger partial charge in [0.2, 0.25) is 0 Å². The van der Waals surface area contributed by atoms with Crippen LogP contribution in [-0.2, 0) is 6.42 Å². The minimum atomic E-state index is -0.713. The molecule has 1 unspecified atom stereocenters. The largest absolute Gasteiger partial charge is 0.485 e. The summed E-state index contributed by atoms with van der Waals surface area (Å²) in [4.78, 5) is 12.1. The third-order valence-corrected chi connectivity index (χ3v) is 4.12. The SMILES string of the molecule is O=C(NCC1Cc2cc(F)cc(F)c2O1)c1ccccc1Br. The fourth-order valence-corrected chi connectivity index (χ4v) is 2.88. The van der Waals surface area contributed by atoms with Gasteiger partial charge >= 0.3 is 0 Å². The van der Waals surface area contributed by atoms with Gasteiger partial charge in [0.05, 0.1) is 12.1 Å². The molecule has 22 heavy (non-hydrogen) atoms. The zero-order valence-electron chi connectivity index (χ0n) is 11.4. The van der Waals surface area contributed by atoms with Crippen molar-refractivity contribution in [3.63, 3.8) is 0 Å². The first-order valence-corrected chi connectivity index (χ1v) is 7.51. The second-order valence-corrected chi connectivity index (χ2v) is 5.86. The van der Waals surface area contributed by atoms with Crippen LogP contribution in [-0.4, -0.2) is 18.6 Å². The molecule has 3 rings (SSSR count). The molecule has 1 N–H and O–H groups in total. The van der Waals surface area contributed by atoms with Gasteiger partial charge in [-0.2, -0.15) is 0 Å². The van der Waals surface area contributed by atoms with E-state index in [1.807, 2.05) is 6.07 Å². The maximum atomic E-state index is 13.6. The quantitative estimate of drug-likeness (QED) is 0.901. The summed E-state index contributed by atoms with van der Waals surface area (Å²) in [6, 6.07) is 9.09. The van der Waals surface area contributed by atoms with Crippen LogP contribution in [0.25, 0.3) is 0 Å². The predicted molar refractivity (Wildman–Crippen MR) is 81.0 cm³/mol. The molecule has 1 aliphatic heterocycles. The van der Waals surface area contributed by atoms with Gasteiger partial charge in [-0.1, -0.05) is 12.1 Å². The molecule has 0 saturated heterocycles. The smallest absolute Gasteiger partial charge is 0.252 e. The van der Waals surface area contributed by atoms with E-state index in [9.17, 15) is 13.6 Å². The maximum Gasteiger partial charge on any atom is 0.252 e. The van der Waals surface area contributed by atoms with Crippen LogP contribution in [0.15, 0.2) is 40.9 Å². The molecule has 0 aliphatic carbocycles. The van der Waals surface area contributed by atoms with Crippen molar-refractivity contribution in [1.82, 2.24) is 5.32 Å². The van der Waals surface area contributed by atoms with Gasteiger partial charge in [-0.15, -0.1) is 0 Å². The fraction of sp³-hybridized carbons (Fsp3) is 0.188. The van der Waals surface area contributed by atoms with E-state index in [4.69, 9.17) is 4.74 Å². The highest BCUT2D eigenvalue weighted by molar-refractivity contribution is 9.10. The van der Waals surface area contributed by atoms with E-state index in [1.54, 1.807) is 18.2 Å². The molecule has 1 atom stereocenters. The first-order chi connectivity index (χ1) is 10.5. The lowest BCUT2D eigenvalue weighted by atomic mass is 10.1. The van der Waals surface area contributed by atoms with Crippen LogP contribution in [0.1, 0.15) is 15.9 Å². The highest BCUT2D eigenvalue weighted by Crippen LogP contribution is 2.32. The monoisotopic (exact) mass is 367 g/mol. The van der Waals surface area contributed by atoms with E-state index >= 15 is 0 Å². The van der Waals surface area contributed by atoms with Crippen molar-refractivity contribution in [2.75, 3.05) is 6.54 Å². The fourth-order valence-electron chi connectivity index (χ4n) is 2.41. The van der Waals surface area contributed by atoms with E-state index in [2.05, 4.69) is 21.2 Å². The summed E-state index contributed by atoms with van der Waals surface area (Å²) >= 11 is 3.31. The second kappa shape index (κ2) is 6.04. The molecular formula is C16H12BrF2NO2. The van der Waals surface area contributed by atoms with E-state index < -0.39 is 17.7 Å². The van der Waals surface area contributed by atoms with Crippen molar-refractivity contribution in [3.8, 4) is 5.75 Å². The number of rotatable bonds is 3. The van der Waals surface area contributed by atoms with Crippen LogP contribution in [0.2, 0.25) is 0 Å². The number of benzene rings is 2. The van der Waals surface area contributed by atoms with Crippen LogP contribution >= 0.6 is 15.9 Å². The summed E-state index contributed by atoms with van der Waals surface area (Å²) in [6.45, 7) is 0.218. The Labute approximate surface area is 134 Å². The lowest BCUT2D eigenvalue weighted by Crippen LogP contribution is -2.34. The normalized spacial score (nSPS) is 16.0. The first kappa shape index (κ1) is 15.0. The second-order valence-electron chi connectivity index (χ2n) is 5.01. The van der Waals surface area contributed by atoms with E-state index in [1.165, 1.54) is 6.07 Å². The van der Waals surface area contributed by atoms with Crippen molar-refractivity contribution in [2.45, 2.75) is 12.5 Å². The number of amides is 1. The van der Waals surface area contributed by atoms with Gasteiger partial charge in [-0.05, 0) is 34.1 Å². The number of nitrogens with one attached hydrogen (secondary N) is 1. The Morgan fingerprint density at radius 3 is 2.86 bits per heavy atom. The Bertz CT molecular complexity index is 736. The molecule has 2 aromatic carbocycles. The predicted octanol–water partition coefficient (Wildman–Crippen LogP) is 3.46. The van der Waals surface area contributed by atoms with Crippen molar-refractivity contribution >= 4 is 21.8 Å². The number of carbonyl (C=O) groups is 1. The molecule has 0 radical (unpaired) electrons. The molecule has 6 heteroatoms. The van der Waals surface area contributed by atoms with Crippen LogP contribution in [0.3, 0.4) is 0 Å². The number of hydrogen-bond donors (Lipinski definition) is 1. The summed E-state index contributed by atoms with van der Waals surface area (Å²) in [5.74, 6) is -1.52. The maximum absolute atomic E-state index is 13.6. The highest BCUT2D eigenvalue weighted by atomic mass is 79.9. The average molecular weight is 368 g/mol.